The molecule has 1 fully saturated rings. The predicted octanol–water partition coefficient (Wildman–Crippen LogP) is 4.82. The Bertz CT molecular complexity index is 378. The zero-order chi connectivity index (χ0) is 16.4. The molecule has 3 heteroatoms. The number of carbonyl (C=O) groups excluding carboxylic acids is 1. The Balaban J connectivity index is 2.31. The van der Waals surface area contributed by atoms with Gasteiger partial charge in [0.15, 0.2) is 0 Å². The van der Waals surface area contributed by atoms with Crippen LogP contribution in [-0.4, -0.2) is 24.8 Å². The fourth-order valence-corrected chi connectivity index (χ4v) is 2.96. The van der Waals surface area contributed by atoms with Crippen molar-refractivity contribution in [2.45, 2.75) is 71.3 Å². The summed E-state index contributed by atoms with van der Waals surface area (Å²) in [6.07, 6.45) is 11.4. The Labute approximate surface area is 135 Å². The van der Waals surface area contributed by atoms with Crippen molar-refractivity contribution in [2.24, 2.45) is 5.92 Å². The molecule has 1 aliphatic carbocycles. The molecule has 0 amide bonds. The number of ether oxygens (including phenoxy) is 2. The van der Waals surface area contributed by atoms with Crippen LogP contribution in [0.5, 0.6) is 0 Å². The lowest BCUT2D eigenvalue weighted by Crippen LogP contribution is -2.37. The average molecular weight is 308 g/mol. The van der Waals surface area contributed by atoms with Crippen LogP contribution in [0.25, 0.3) is 0 Å². The maximum absolute atomic E-state index is 12.0. The van der Waals surface area contributed by atoms with E-state index in [4.69, 9.17) is 9.47 Å². The molecule has 0 aromatic rings. The van der Waals surface area contributed by atoms with Crippen LogP contribution < -0.4 is 0 Å². The van der Waals surface area contributed by atoms with Gasteiger partial charge in [0.25, 0.3) is 0 Å². The molecule has 1 rings (SSSR count). The normalized spacial score (nSPS) is 19.5. The van der Waals surface area contributed by atoms with E-state index in [0.717, 1.165) is 38.5 Å². The second-order valence-electron chi connectivity index (χ2n) is 6.46. The molecule has 1 atom stereocenters. The minimum absolute atomic E-state index is 0.0430. The lowest BCUT2D eigenvalue weighted by Gasteiger charge is -2.35. The van der Waals surface area contributed by atoms with E-state index in [-0.39, 0.29) is 18.2 Å². The molecule has 3 nitrogen and oxygen atoms in total. The van der Waals surface area contributed by atoms with Gasteiger partial charge in [-0.2, -0.15) is 0 Å². The largest absolute Gasteiger partial charge is 0.457 e. The summed E-state index contributed by atoms with van der Waals surface area (Å²) in [4.78, 5) is 12.0. The quantitative estimate of drug-likeness (QED) is 0.348. The first-order valence-electron chi connectivity index (χ1n) is 8.60. The summed E-state index contributed by atoms with van der Waals surface area (Å²) in [5.41, 5.74) is 1.04. The molecule has 0 bridgehead atoms. The fraction of sp³-hybridized carbons (Fsp3) is 0.737. The SMILES string of the molecule is C=CCC(C)/C(C)=C\COCC(=O)OC1(CC)CCCCC1. The minimum Gasteiger partial charge on any atom is -0.457 e. The van der Waals surface area contributed by atoms with Crippen LogP contribution in [0.4, 0.5) is 0 Å². The Kier molecular flexibility index (Phi) is 8.47. The van der Waals surface area contributed by atoms with E-state index >= 15 is 0 Å². The Hall–Kier alpha value is -1.09. The fourth-order valence-electron chi connectivity index (χ4n) is 2.96. The second-order valence-corrected chi connectivity index (χ2v) is 6.46. The van der Waals surface area contributed by atoms with Crippen LogP contribution >= 0.6 is 0 Å². The number of hydrogen-bond donors (Lipinski definition) is 0. The van der Waals surface area contributed by atoms with Crippen LogP contribution in [-0.2, 0) is 14.3 Å². The molecule has 0 aromatic carbocycles. The van der Waals surface area contributed by atoms with Gasteiger partial charge in [0.05, 0.1) is 6.61 Å². The summed E-state index contributed by atoms with van der Waals surface area (Å²) >= 11 is 0. The third kappa shape index (κ3) is 6.35. The molecular weight excluding hydrogens is 276 g/mol. The maximum Gasteiger partial charge on any atom is 0.332 e. The summed E-state index contributed by atoms with van der Waals surface area (Å²) in [5, 5.41) is 0. The van der Waals surface area contributed by atoms with Gasteiger partial charge in [-0.3, -0.25) is 0 Å². The minimum atomic E-state index is -0.233. The summed E-state index contributed by atoms with van der Waals surface area (Å²) in [7, 11) is 0. The second kappa shape index (κ2) is 9.83. The Morgan fingerprint density at radius 2 is 2.00 bits per heavy atom. The molecule has 0 aliphatic heterocycles. The van der Waals surface area contributed by atoms with E-state index in [2.05, 4.69) is 27.4 Å². The highest BCUT2D eigenvalue weighted by molar-refractivity contribution is 5.71. The third-order valence-corrected chi connectivity index (χ3v) is 4.78. The standard InChI is InChI=1S/C19H32O3/c1-5-10-16(3)17(4)11-14-21-15-18(20)22-19(6-2)12-8-7-9-13-19/h5,11,16H,1,6-10,12-15H2,2-4H3/b17-11-. The van der Waals surface area contributed by atoms with Gasteiger partial charge in [0.1, 0.15) is 12.2 Å². The molecule has 0 heterocycles. The van der Waals surface area contributed by atoms with E-state index in [1.165, 1.54) is 12.0 Å². The van der Waals surface area contributed by atoms with Crippen molar-refractivity contribution in [1.29, 1.82) is 0 Å². The highest BCUT2D eigenvalue weighted by atomic mass is 16.6. The van der Waals surface area contributed by atoms with Gasteiger partial charge in [0.2, 0.25) is 0 Å². The van der Waals surface area contributed by atoms with Gasteiger partial charge in [-0.25, -0.2) is 4.79 Å². The molecule has 126 valence electrons. The van der Waals surface area contributed by atoms with E-state index in [1.807, 2.05) is 12.2 Å². The number of carbonyl (C=O) groups is 1. The smallest absolute Gasteiger partial charge is 0.332 e. The van der Waals surface area contributed by atoms with Crippen LogP contribution in [0, 0.1) is 5.92 Å². The van der Waals surface area contributed by atoms with E-state index in [0.29, 0.717) is 12.5 Å². The van der Waals surface area contributed by atoms with Gasteiger partial charge < -0.3 is 9.47 Å². The topological polar surface area (TPSA) is 35.5 Å². The zero-order valence-corrected chi connectivity index (χ0v) is 14.5. The Morgan fingerprint density at radius 1 is 1.32 bits per heavy atom. The average Bonchev–Trinajstić information content (AvgIpc) is 2.52. The molecule has 0 saturated heterocycles. The number of rotatable bonds is 9. The van der Waals surface area contributed by atoms with Crippen LogP contribution in [0.3, 0.4) is 0 Å². The van der Waals surface area contributed by atoms with E-state index < -0.39 is 0 Å². The van der Waals surface area contributed by atoms with Gasteiger partial charge >= 0.3 is 5.97 Å². The molecule has 0 spiro atoms. The van der Waals surface area contributed by atoms with Gasteiger partial charge in [-0.1, -0.05) is 38.0 Å². The Morgan fingerprint density at radius 3 is 2.59 bits per heavy atom. The van der Waals surface area contributed by atoms with Crippen LogP contribution in [0.2, 0.25) is 0 Å². The molecule has 1 aliphatic rings. The van der Waals surface area contributed by atoms with Gasteiger partial charge in [-0.05, 0) is 51.4 Å². The molecule has 0 aromatic heterocycles. The van der Waals surface area contributed by atoms with Gasteiger partial charge in [-0.15, -0.1) is 6.58 Å². The lowest BCUT2D eigenvalue weighted by molar-refractivity contribution is -0.168. The molecular formula is C19H32O3. The lowest BCUT2D eigenvalue weighted by atomic mass is 9.83. The summed E-state index contributed by atoms with van der Waals surface area (Å²) < 4.78 is 11.2. The number of esters is 1. The van der Waals surface area contributed by atoms with Crippen molar-refractivity contribution in [3.63, 3.8) is 0 Å². The monoisotopic (exact) mass is 308 g/mol. The molecule has 0 radical (unpaired) electrons. The summed E-state index contributed by atoms with van der Waals surface area (Å²) in [5.74, 6) is 0.243. The maximum atomic E-state index is 12.0. The number of allylic oxidation sites excluding steroid dienone is 2. The predicted molar refractivity (Wildman–Crippen MR) is 90.8 cm³/mol. The number of hydrogen-bond acceptors (Lipinski definition) is 3. The van der Waals surface area contributed by atoms with E-state index in [1.54, 1.807) is 0 Å². The van der Waals surface area contributed by atoms with Crippen molar-refractivity contribution in [1.82, 2.24) is 0 Å². The zero-order valence-electron chi connectivity index (χ0n) is 14.5. The first-order valence-corrected chi connectivity index (χ1v) is 8.60. The summed E-state index contributed by atoms with van der Waals surface area (Å²) in [6.45, 7) is 10.6. The molecule has 0 N–H and O–H groups in total. The van der Waals surface area contributed by atoms with Crippen molar-refractivity contribution in [2.75, 3.05) is 13.2 Å². The first kappa shape index (κ1) is 19.0. The van der Waals surface area contributed by atoms with Crippen molar-refractivity contribution < 1.29 is 14.3 Å². The summed E-state index contributed by atoms with van der Waals surface area (Å²) in [6, 6.07) is 0. The van der Waals surface area contributed by atoms with Crippen molar-refractivity contribution in [3.8, 4) is 0 Å². The van der Waals surface area contributed by atoms with Crippen molar-refractivity contribution in [3.05, 3.63) is 24.3 Å². The van der Waals surface area contributed by atoms with Crippen LogP contribution in [0.15, 0.2) is 24.3 Å². The third-order valence-electron chi connectivity index (χ3n) is 4.78. The first-order chi connectivity index (χ1) is 10.5. The highest BCUT2D eigenvalue weighted by Gasteiger charge is 2.33. The van der Waals surface area contributed by atoms with E-state index in [9.17, 15) is 4.79 Å². The molecule has 22 heavy (non-hydrogen) atoms. The highest BCUT2D eigenvalue weighted by Crippen LogP contribution is 2.34. The van der Waals surface area contributed by atoms with Crippen LogP contribution in [0.1, 0.15) is 65.7 Å². The van der Waals surface area contributed by atoms with Crippen molar-refractivity contribution >= 4 is 5.97 Å². The molecule has 1 saturated carbocycles. The molecule has 1 unspecified atom stereocenters. The van der Waals surface area contributed by atoms with Gasteiger partial charge in [0, 0.05) is 0 Å².